The minimum Gasteiger partial charge on any atom is -0.497 e. The average Bonchev–Trinajstić information content (AvgIpc) is 2.85. The maximum absolute atomic E-state index is 13.0. The van der Waals surface area contributed by atoms with Gasteiger partial charge in [0.1, 0.15) is 5.75 Å². The van der Waals surface area contributed by atoms with Gasteiger partial charge in [-0.25, -0.2) is 4.98 Å². The van der Waals surface area contributed by atoms with Gasteiger partial charge in [0.05, 0.1) is 29.9 Å². The number of hydrogen-bond donors (Lipinski definition) is 0. The highest BCUT2D eigenvalue weighted by Gasteiger charge is 2.17. The van der Waals surface area contributed by atoms with Crippen LogP contribution < -0.4 is 15.2 Å². The number of nitrogens with zero attached hydrogens (tertiary/aromatic N) is 5. The molecule has 3 heterocycles. The molecule has 32 heavy (non-hydrogen) atoms. The molecule has 0 aliphatic carbocycles. The molecule has 164 valence electrons. The number of fused-ring (bicyclic) bond motifs is 3. The van der Waals surface area contributed by atoms with Gasteiger partial charge in [-0.2, -0.15) is 0 Å². The largest absolute Gasteiger partial charge is 0.497 e. The van der Waals surface area contributed by atoms with E-state index in [1.54, 1.807) is 24.2 Å². The summed E-state index contributed by atoms with van der Waals surface area (Å²) in [5.74, 6) is 0.891. The predicted molar refractivity (Wildman–Crippen MR) is 128 cm³/mol. The molecule has 2 aromatic carbocycles. The van der Waals surface area contributed by atoms with Crippen molar-refractivity contribution in [1.82, 2.24) is 19.4 Å². The van der Waals surface area contributed by atoms with Crippen molar-refractivity contribution in [1.29, 1.82) is 0 Å². The van der Waals surface area contributed by atoms with Crippen molar-refractivity contribution < 1.29 is 4.74 Å². The number of ether oxygens (including phenoxy) is 1. The lowest BCUT2D eigenvalue weighted by molar-refractivity contribution is 0.250. The highest BCUT2D eigenvalue weighted by atomic mass is 16.5. The lowest BCUT2D eigenvalue weighted by Crippen LogP contribution is -2.46. The molecular weight excluding hydrogens is 402 g/mol. The van der Waals surface area contributed by atoms with Crippen molar-refractivity contribution in [2.45, 2.75) is 13.0 Å². The summed E-state index contributed by atoms with van der Waals surface area (Å²) in [5, 5.41) is 1.50. The van der Waals surface area contributed by atoms with Crippen LogP contribution in [0.5, 0.6) is 5.75 Å². The summed E-state index contributed by atoms with van der Waals surface area (Å²) in [4.78, 5) is 26.8. The molecule has 0 amide bonds. The van der Waals surface area contributed by atoms with Crippen molar-refractivity contribution in [3.8, 4) is 5.75 Å². The summed E-state index contributed by atoms with van der Waals surface area (Å²) in [6.07, 6.45) is 4.24. The van der Waals surface area contributed by atoms with E-state index in [-0.39, 0.29) is 5.56 Å². The van der Waals surface area contributed by atoms with Crippen LogP contribution in [-0.2, 0) is 6.54 Å². The maximum Gasteiger partial charge on any atom is 0.262 e. The third-order valence-corrected chi connectivity index (χ3v) is 6.23. The number of hydrogen-bond acceptors (Lipinski definition) is 6. The number of aryl methyl sites for hydroxylation is 1. The van der Waals surface area contributed by atoms with Crippen molar-refractivity contribution in [2.75, 3.05) is 44.7 Å². The molecule has 0 unspecified atom stereocenters. The number of pyridine rings is 1. The Morgan fingerprint density at radius 1 is 0.938 bits per heavy atom. The van der Waals surface area contributed by atoms with Gasteiger partial charge in [0.15, 0.2) is 0 Å². The van der Waals surface area contributed by atoms with E-state index in [9.17, 15) is 4.79 Å². The van der Waals surface area contributed by atoms with Gasteiger partial charge < -0.3 is 9.64 Å². The molecule has 0 radical (unpaired) electrons. The molecule has 1 aliphatic rings. The summed E-state index contributed by atoms with van der Waals surface area (Å²) in [5.41, 5.74) is 2.78. The Morgan fingerprint density at radius 2 is 1.78 bits per heavy atom. The van der Waals surface area contributed by atoms with E-state index in [0.717, 1.165) is 61.3 Å². The smallest absolute Gasteiger partial charge is 0.262 e. The van der Waals surface area contributed by atoms with Crippen molar-refractivity contribution in [3.05, 3.63) is 71.4 Å². The van der Waals surface area contributed by atoms with E-state index in [2.05, 4.69) is 31.9 Å². The van der Waals surface area contributed by atoms with Gasteiger partial charge in [-0.15, -0.1) is 0 Å². The molecule has 7 nitrogen and oxygen atoms in total. The molecule has 5 rings (SSSR count). The first-order valence-corrected chi connectivity index (χ1v) is 11.1. The number of benzene rings is 2. The van der Waals surface area contributed by atoms with Crippen LogP contribution >= 0.6 is 0 Å². The number of para-hydroxylation sites is 1. The van der Waals surface area contributed by atoms with Crippen molar-refractivity contribution in [3.63, 3.8) is 0 Å². The first-order chi connectivity index (χ1) is 15.7. The fourth-order valence-electron chi connectivity index (χ4n) is 4.42. The van der Waals surface area contributed by atoms with E-state index in [1.165, 1.54) is 5.69 Å². The molecule has 1 fully saturated rings. The Labute approximate surface area is 186 Å². The molecule has 0 N–H and O–H groups in total. The van der Waals surface area contributed by atoms with E-state index >= 15 is 0 Å². The Morgan fingerprint density at radius 3 is 2.62 bits per heavy atom. The van der Waals surface area contributed by atoms with Gasteiger partial charge in [-0.1, -0.05) is 24.3 Å². The van der Waals surface area contributed by atoms with Gasteiger partial charge in [0.2, 0.25) is 0 Å². The quantitative estimate of drug-likeness (QED) is 0.439. The SMILES string of the molecule is COc1cccc(N2CCN(CCCn3cnc4c(cnc5ccccc54)c3=O)CC2)c1. The average molecular weight is 430 g/mol. The highest BCUT2D eigenvalue weighted by Crippen LogP contribution is 2.22. The van der Waals surface area contributed by atoms with Crippen LogP contribution in [0.2, 0.25) is 0 Å². The Bertz CT molecular complexity index is 1290. The normalized spacial score (nSPS) is 14.8. The molecule has 2 aromatic heterocycles. The minimum atomic E-state index is -0.0175. The fourth-order valence-corrected chi connectivity index (χ4v) is 4.42. The van der Waals surface area contributed by atoms with Crippen molar-refractivity contribution >= 4 is 27.5 Å². The van der Waals surface area contributed by atoms with Crippen LogP contribution in [0.25, 0.3) is 21.8 Å². The van der Waals surface area contributed by atoms with E-state index in [0.29, 0.717) is 11.9 Å². The van der Waals surface area contributed by atoms with E-state index in [4.69, 9.17) is 4.74 Å². The van der Waals surface area contributed by atoms with Gasteiger partial charge in [-0.3, -0.25) is 19.2 Å². The standard InChI is InChI=1S/C25H27N5O2/c1-32-20-7-4-6-19(16-20)29-14-12-28(13-15-29)10-5-11-30-18-27-24-21-8-2-3-9-23(21)26-17-22(24)25(30)31/h2-4,6-9,16-18H,5,10-15H2,1H3. The fraction of sp³-hybridized carbons (Fsp3) is 0.320. The van der Waals surface area contributed by atoms with Gasteiger partial charge in [0, 0.05) is 56.1 Å². The highest BCUT2D eigenvalue weighted by molar-refractivity contribution is 6.02. The Hall–Kier alpha value is -3.45. The van der Waals surface area contributed by atoms with Gasteiger partial charge >= 0.3 is 0 Å². The summed E-state index contributed by atoms with van der Waals surface area (Å²) in [6.45, 7) is 5.62. The summed E-state index contributed by atoms with van der Waals surface area (Å²) < 4.78 is 7.06. The minimum absolute atomic E-state index is 0.0175. The first-order valence-electron chi connectivity index (χ1n) is 11.1. The van der Waals surface area contributed by atoms with Gasteiger partial charge in [0.25, 0.3) is 5.56 Å². The van der Waals surface area contributed by atoms with Crippen LogP contribution in [0.1, 0.15) is 6.42 Å². The zero-order valence-electron chi connectivity index (χ0n) is 18.3. The number of aromatic nitrogens is 3. The topological polar surface area (TPSA) is 63.5 Å². The molecule has 0 atom stereocenters. The molecule has 0 saturated carbocycles. The summed E-state index contributed by atoms with van der Waals surface area (Å²) >= 11 is 0. The first kappa shape index (κ1) is 20.5. The van der Waals surface area contributed by atoms with Crippen molar-refractivity contribution in [2.24, 2.45) is 0 Å². The summed E-state index contributed by atoms with van der Waals surface area (Å²) in [6, 6.07) is 16.0. The monoisotopic (exact) mass is 429 g/mol. The Balaban J connectivity index is 1.19. The molecule has 4 aromatic rings. The van der Waals surface area contributed by atoms with Gasteiger partial charge in [-0.05, 0) is 31.2 Å². The lowest BCUT2D eigenvalue weighted by atomic mass is 10.1. The van der Waals surface area contributed by atoms with Crippen LogP contribution in [0.4, 0.5) is 5.69 Å². The number of piperazine rings is 1. The van der Waals surface area contributed by atoms with E-state index < -0.39 is 0 Å². The molecule has 1 saturated heterocycles. The molecule has 0 spiro atoms. The zero-order valence-corrected chi connectivity index (χ0v) is 18.3. The third kappa shape index (κ3) is 4.03. The second-order valence-electron chi connectivity index (χ2n) is 8.16. The third-order valence-electron chi connectivity index (χ3n) is 6.23. The van der Waals surface area contributed by atoms with Crippen LogP contribution in [0, 0.1) is 0 Å². The Kier molecular flexibility index (Phi) is 5.73. The maximum atomic E-state index is 13.0. The van der Waals surface area contributed by atoms with E-state index in [1.807, 2.05) is 36.4 Å². The number of methoxy groups -OCH3 is 1. The molecular formula is C25H27N5O2. The van der Waals surface area contributed by atoms with Crippen LogP contribution in [0.3, 0.4) is 0 Å². The second kappa shape index (κ2) is 8.96. The van der Waals surface area contributed by atoms with Crippen LogP contribution in [0.15, 0.2) is 65.8 Å². The summed E-state index contributed by atoms with van der Waals surface area (Å²) in [7, 11) is 1.70. The number of rotatable bonds is 6. The molecule has 1 aliphatic heterocycles. The zero-order chi connectivity index (χ0) is 21.9. The molecule has 7 heteroatoms. The predicted octanol–water partition coefficient (Wildman–Crippen LogP) is 3.17. The number of anilines is 1. The lowest BCUT2D eigenvalue weighted by Gasteiger charge is -2.36. The second-order valence-corrected chi connectivity index (χ2v) is 8.16. The molecule has 0 bridgehead atoms. The van der Waals surface area contributed by atoms with Crippen LogP contribution in [-0.4, -0.2) is 59.3 Å².